The average molecular weight is 551 g/mol. The molecule has 0 aromatic heterocycles. The Bertz CT molecular complexity index is 961. The summed E-state index contributed by atoms with van der Waals surface area (Å²) in [6, 6.07) is 8.61. The second kappa shape index (κ2) is 14.7. The highest BCUT2D eigenvalue weighted by Gasteiger charge is 2.28. The summed E-state index contributed by atoms with van der Waals surface area (Å²) >= 11 is 0. The number of amides is 2. The highest BCUT2D eigenvalue weighted by atomic mass is 16.7. The Morgan fingerprint density at radius 2 is 1.38 bits per heavy atom. The predicted molar refractivity (Wildman–Crippen MR) is 149 cm³/mol. The van der Waals surface area contributed by atoms with Gasteiger partial charge in [-0.05, 0) is 80.7 Å². The Morgan fingerprint density at radius 1 is 0.846 bits per heavy atom. The number of guanidine groups is 1. The van der Waals surface area contributed by atoms with Crippen LogP contribution in [0.1, 0.15) is 80.7 Å². The van der Waals surface area contributed by atoms with E-state index in [1.807, 2.05) is 30.3 Å². The lowest BCUT2D eigenvalue weighted by Crippen LogP contribution is -2.46. The number of carbonyl (C=O) groups excluding carboxylic acids is 3. The van der Waals surface area contributed by atoms with Crippen LogP contribution < -0.4 is 10.6 Å². The molecule has 1 rings (SSSR count). The topological polar surface area (TPSA) is 128 Å². The predicted octanol–water partition coefficient (Wildman–Crippen LogP) is 4.95. The number of rotatable bonds is 9. The molecule has 0 aliphatic carbocycles. The highest BCUT2D eigenvalue weighted by Crippen LogP contribution is 2.13. The Hall–Kier alpha value is -3.34. The van der Waals surface area contributed by atoms with E-state index in [1.165, 1.54) is 5.06 Å². The van der Waals surface area contributed by atoms with Gasteiger partial charge in [0.05, 0.1) is 0 Å². The minimum absolute atomic E-state index is 0.133. The van der Waals surface area contributed by atoms with Gasteiger partial charge in [-0.3, -0.25) is 15.1 Å². The molecule has 0 unspecified atom stereocenters. The average Bonchev–Trinajstić information content (AvgIpc) is 2.75. The van der Waals surface area contributed by atoms with Crippen molar-refractivity contribution in [2.75, 3.05) is 13.6 Å². The lowest BCUT2D eigenvalue weighted by atomic mass is 10.1. The van der Waals surface area contributed by atoms with Gasteiger partial charge in [-0.2, -0.15) is 0 Å². The van der Waals surface area contributed by atoms with Crippen molar-refractivity contribution in [3.05, 3.63) is 35.9 Å². The first-order valence-corrected chi connectivity index (χ1v) is 13.0. The van der Waals surface area contributed by atoms with Crippen LogP contribution in [0.15, 0.2) is 35.3 Å². The third-order valence-electron chi connectivity index (χ3n) is 4.47. The second-order valence-electron chi connectivity index (χ2n) is 12.0. The van der Waals surface area contributed by atoms with Crippen LogP contribution >= 0.6 is 0 Å². The molecular formula is C28H46N4O7. The first-order chi connectivity index (χ1) is 17.8. The molecule has 1 aromatic carbocycles. The number of hydroxylamine groups is 2. The van der Waals surface area contributed by atoms with E-state index in [0.29, 0.717) is 6.42 Å². The monoisotopic (exact) mass is 550 g/mol. The van der Waals surface area contributed by atoms with Gasteiger partial charge in [-0.15, -0.1) is 0 Å². The Labute approximate surface area is 232 Å². The van der Waals surface area contributed by atoms with Crippen molar-refractivity contribution in [3.8, 4) is 0 Å². The fourth-order valence-electron chi connectivity index (χ4n) is 2.97. The number of ether oxygens (including phenoxy) is 3. The molecule has 0 saturated heterocycles. The number of aliphatic imine (C=N–C) groups is 1. The van der Waals surface area contributed by atoms with Crippen molar-refractivity contribution in [1.82, 2.24) is 15.7 Å². The minimum atomic E-state index is -0.941. The van der Waals surface area contributed by atoms with Crippen LogP contribution in [0.25, 0.3) is 0 Å². The zero-order valence-corrected chi connectivity index (χ0v) is 25.0. The molecule has 0 aliphatic rings. The van der Waals surface area contributed by atoms with Gasteiger partial charge in [0.1, 0.15) is 29.5 Å². The normalized spacial score (nSPS) is 13.2. The lowest BCUT2D eigenvalue weighted by molar-refractivity contribution is -0.157. The number of esters is 1. The van der Waals surface area contributed by atoms with E-state index in [0.717, 1.165) is 5.56 Å². The molecule has 39 heavy (non-hydrogen) atoms. The smallest absolute Gasteiger partial charge is 0.414 e. The molecule has 220 valence electrons. The molecule has 2 N–H and O–H groups in total. The summed E-state index contributed by atoms with van der Waals surface area (Å²) in [6.07, 6.45) is -0.796. The van der Waals surface area contributed by atoms with Crippen LogP contribution in [-0.2, 0) is 30.4 Å². The maximum Gasteiger partial charge on any atom is 0.414 e. The van der Waals surface area contributed by atoms with E-state index in [2.05, 4.69) is 15.6 Å². The largest absolute Gasteiger partial charge is 0.458 e. The third-order valence-corrected chi connectivity index (χ3v) is 4.47. The molecule has 0 spiro atoms. The number of hydrogen-bond donors (Lipinski definition) is 2. The summed E-state index contributed by atoms with van der Waals surface area (Å²) < 4.78 is 16.1. The van der Waals surface area contributed by atoms with Crippen molar-refractivity contribution in [1.29, 1.82) is 0 Å². The maximum absolute atomic E-state index is 12.8. The Balaban J connectivity index is 2.93. The first kappa shape index (κ1) is 33.7. The fraction of sp³-hybridized carbons (Fsp3) is 0.643. The highest BCUT2D eigenvalue weighted by molar-refractivity contribution is 5.93. The fourth-order valence-corrected chi connectivity index (χ4v) is 2.97. The van der Waals surface area contributed by atoms with Gasteiger partial charge in [0.15, 0.2) is 0 Å². The second-order valence-corrected chi connectivity index (χ2v) is 12.0. The van der Waals surface area contributed by atoms with E-state index >= 15 is 0 Å². The maximum atomic E-state index is 12.8. The van der Waals surface area contributed by atoms with Gasteiger partial charge < -0.3 is 19.5 Å². The number of hydrogen-bond acceptors (Lipinski definition) is 8. The summed E-state index contributed by atoms with van der Waals surface area (Å²) in [4.78, 5) is 47.8. The van der Waals surface area contributed by atoms with Crippen molar-refractivity contribution >= 4 is 24.1 Å². The molecule has 2 amide bonds. The van der Waals surface area contributed by atoms with Crippen molar-refractivity contribution in [2.24, 2.45) is 4.99 Å². The van der Waals surface area contributed by atoms with E-state index in [-0.39, 0.29) is 25.5 Å². The Kier molecular flexibility index (Phi) is 12.7. The van der Waals surface area contributed by atoms with Gasteiger partial charge in [-0.1, -0.05) is 30.3 Å². The number of nitrogens with zero attached hydrogens (tertiary/aromatic N) is 2. The van der Waals surface area contributed by atoms with Crippen molar-refractivity contribution < 1.29 is 33.4 Å². The molecular weight excluding hydrogens is 504 g/mol. The molecule has 0 fully saturated rings. The zero-order valence-electron chi connectivity index (χ0n) is 25.0. The van der Waals surface area contributed by atoms with E-state index in [9.17, 15) is 14.4 Å². The van der Waals surface area contributed by atoms with E-state index in [1.54, 1.807) is 69.4 Å². The quantitative estimate of drug-likeness (QED) is 0.110. The van der Waals surface area contributed by atoms with Gasteiger partial charge in [0.2, 0.25) is 5.96 Å². The number of carbonyl (C=O) groups is 3. The number of nitrogens with one attached hydrogen (secondary N) is 2. The summed E-state index contributed by atoms with van der Waals surface area (Å²) in [5, 5.41) is 6.56. The standard InChI is InChI=1S/C28H46N4O7/c1-26(2,3)37-22(33)21(30-24(34)38-27(4,5)6)17-14-18-29-23(31-25(35)39-28(7,8)9)32(10)36-19-20-15-12-11-13-16-20/h11-13,15-16,21H,14,17-19H2,1-10H3,(H,30,34)(H,29,31,35)/t21-/m0/s1. The van der Waals surface area contributed by atoms with E-state index < -0.39 is 41.0 Å². The molecule has 0 saturated carbocycles. The molecule has 11 heteroatoms. The van der Waals surface area contributed by atoms with Crippen molar-refractivity contribution in [3.63, 3.8) is 0 Å². The molecule has 0 bridgehead atoms. The molecule has 0 heterocycles. The van der Waals surface area contributed by atoms with Crippen LogP contribution in [0.2, 0.25) is 0 Å². The van der Waals surface area contributed by atoms with Gasteiger partial charge in [-0.25, -0.2) is 19.4 Å². The summed E-state index contributed by atoms with van der Waals surface area (Å²) in [6.45, 7) is 16.2. The van der Waals surface area contributed by atoms with Gasteiger partial charge in [0, 0.05) is 13.6 Å². The summed E-state index contributed by atoms with van der Waals surface area (Å²) in [5.41, 5.74) is -1.22. The lowest BCUT2D eigenvalue weighted by Gasteiger charge is -2.26. The van der Waals surface area contributed by atoms with Crippen LogP contribution in [0.5, 0.6) is 0 Å². The molecule has 1 atom stereocenters. The van der Waals surface area contributed by atoms with Crippen LogP contribution in [0.4, 0.5) is 9.59 Å². The van der Waals surface area contributed by atoms with E-state index in [4.69, 9.17) is 19.0 Å². The number of alkyl carbamates (subject to hydrolysis) is 2. The van der Waals surface area contributed by atoms with Crippen LogP contribution in [0.3, 0.4) is 0 Å². The van der Waals surface area contributed by atoms with Gasteiger partial charge in [0.25, 0.3) is 0 Å². The van der Waals surface area contributed by atoms with Crippen LogP contribution in [-0.4, -0.2) is 65.6 Å². The zero-order chi connectivity index (χ0) is 29.9. The minimum Gasteiger partial charge on any atom is -0.458 e. The SMILES string of the molecule is CN(OCc1ccccc1)C(=NCCC[C@H](NC(=O)OC(C)(C)C)C(=O)OC(C)(C)C)NC(=O)OC(C)(C)C. The molecule has 1 aromatic rings. The Morgan fingerprint density at radius 3 is 1.92 bits per heavy atom. The van der Waals surface area contributed by atoms with Crippen molar-refractivity contribution in [2.45, 2.75) is 105 Å². The number of benzene rings is 1. The summed E-state index contributed by atoms with van der Waals surface area (Å²) in [5.74, 6) is -0.443. The molecule has 0 radical (unpaired) electrons. The first-order valence-electron chi connectivity index (χ1n) is 13.0. The summed E-state index contributed by atoms with van der Waals surface area (Å²) in [7, 11) is 1.62. The van der Waals surface area contributed by atoms with Crippen LogP contribution in [0, 0.1) is 0 Å². The third kappa shape index (κ3) is 16.3. The van der Waals surface area contributed by atoms with Gasteiger partial charge >= 0.3 is 18.2 Å². The molecule has 0 aliphatic heterocycles. The molecule has 11 nitrogen and oxygen atoms in total.